The molecule has 0 fully saturated rings. The molecule has 11 heteroatoms. The van der Waals surface area contributed by atoms with Crippen LogP contribution in [0.3, 0.4) is 0 Å². The van der Waals surface area contributed by atoms with Crippen molar-refractivity contribution in [3.63, 3.8) is 0 Å². The first kappa shape index (κ1) is 18.2. The highest BCUT2D eigenvalue weighted by Gasteiger charge is 2.31. The molecule has 0 unspecified atom stereocenters. The van der Waals surface area contributed by atoms with Crippen LogP contribution in [0, 0.1) is 5.41 Å². The summed E-state index contributed by atoms with van der Waals surface area (Å²) in [5.74, 6) is -0.301. The number of halogens is 3. The highest BCUT2D eigenvalue weighted by Crippen LogP contribution is 2.27. The van der Waals surface area contributed by atoms with Gasteiger partial charge in [-0.1, -0.05) is 22.6 Å². The van der Waals surface area contributed by atoms with Crippen LogP contribution >= 0.6 is 11.3 Å². The Bertz CT molecular complexity index is 1170. The van der Waals surface area contributed by atoms with Gasteiger partial charge in [-0.3, -0.25) is 15.1 Å². The number of nitrogens with one attached hydrogen (secondary N) is 1. The molecule has 144 valence electrons. The van der Waals surface area contributed by atoms with Crippen LogP contribution in [-0.4, -0.2) is 30.9 Å². The van der Waals surface area contributed by atoms with Gasteiger partial charge in [-0.25, -0.2) is 0 Å². The van der Waals surface area contributed by atoms with Crippen LogP contribution in [0.2, 0.25) is 0 Å². The van der Waals surface area contributed by atoms with Crippen molar-refractivity contribution < 1.29 is 17.9 Å². The Hall–Kier alpha value is -3.21. The van der Waals surface area contributed by atoms with Crippen LogP contribution in [0.1, 0.15) is 0 Å². The second-order valence-corrected chi connectivity index (χ2v) is 6.85. The standard InChI is InChI=1S/C17H13F3N6OS/c18-17(19,20)27-11-4-5-14-15(9-11)28-16(21)26(14)8-7-25-10-13(23-24-25)12-3-1-2-6-22-12/h1-6,9-10,21H,7-8H2. The smallest absolute Gasteiger partial charge is 0.406 e. The molecule has 0 saturated heterocycles. The van der Waals surface area contributed by atoms with Crippen molar-refractivity contribution in [2.75, 3.05) is 0 Å². The number of fused-ring (bicyclic) bond motifs is 1. The van der Waals surface area contributed by atoms with E-state index in [1.165, 1.54) is 18.2 Å². The van der Waals surface area contributed by atoms with E-state index in [0.717, 1.165) is 11.3 Å². The maximum absolute atomic E-state index is 12.4. The molecule has 0 aliphatic carbocycles. The number of rotatable bonds is 5. The Morgan fingerprint density at radius 1 is 1.11 bits per heavy atom. The molecule has 0 aliphatic heterocycles. The molecule has 4 rings (SSSR count). The Kier molecular flexibility index (Phi) is 4.59. The predicted octanol–water partition coefficient (Wildman–Crippen LogP) is 3.43. The summed E-state index contributed by atoms with van der Waals surface area (Å²) < 4.78 is 45.0. The maximum Gasteiger partial charge on any atom is 0.573 e. The van der Waals surface area contributed by atoms with E-state index in [1.54, 1.807) is 21.6 Å². The quantitative estimate of drug-likeness (QED) is 0.551. The van der Waals surface area contributed by atoms with Crippen molar-refractivity contribution in [2.45, 2.75) is 19.5 Å². The van der Waals surface area contributed by atoms with Crippen LogP contribution in [0.25, 0.3) is 21.6 Å². The van der Waals surface area contributed by atoms with E-state index in [2.05, 4.69) is 20.0 Å². The summed E-state index contributed by atoms with van der Waals surface area (Å²) in [5, 5.41) is 16.3. The van der Waals surface area contributed by atoms with Gasteiger partial charge in [0.2, 0.25) is 0 Å². The molecule has 0 radical (unpaired) electrons. The van der Waals surface area contributed by atoms with Gasteiger partial charge in [0.1, 0.15) is 11.4 Å². The molecule has 3 heterocycles. The fourth-order valence-electron chi connectivity index (χ4n) is 2.73. The molecule has 3 aromatic heterocycles. The third-order valence-corrected chi connectivity index (χ3v) is 4.89. The summed E-state index contributed by atoms with van der Waals surface area (Å²) in [4.78, 5) is 4.45. The molecule has 0 atom stereocenters. The topological polar surface area (TPSA) is 81.6 Å². The zero-order chi connectivity index (χ0) is 19.7. The molecular weight excluding hydrogens is 393 g/mol. The number of hydrogen-bond acceptors (Lipinski definition) is 6. The number of hydrogen-bond donors (Lipinski definition) is 1. The van der Waals surface area contributed by atoms with Crippen molar-refractivity contribution in [1.82, 2.24) is 24.5 Å². The van der Waals surface area contributed by atoms with Gasteiger partial charge in [-0.15, -0.1) is 18.3 Å². The number of benzene rings is 1. The van der Waals surface area contributed by atoms with E-state index in [0.29, 0.717) is 34.7 Å². The van der Waals surface area contributed by atoms with E-state index in [4.69, 9.17) is 5.41 Å². The normalized spacial score (nSPS) is 11.8. The lowest BCUT2D eigenvalue weighted by Crippen LogP contribution is -2.17. The molecule has 4 aromatic rings. The summed E-state index contributed by atoms with van der Waals surface area (Å²) in [5.41, 5.74) is 2.01. The zero-order valence-electron chi connectivity index (χ0n) is 14.2. The Balaban J connectivity index is 1.53. The minimum Gasteiger partial charge on any atom is -0.406 e. The van der Waals surface area contributed by atoms with Crippen LogP contribution in [0.5, 0.6) is 5.75 Å². The fourth-order valence-corrected chi connectivity index (χ4v) is 3.69. The first-order valence-electron chi connectivity index (χ1n) is 8.14. The second-order valence-electron chi connectivity index (χ2n) is 5.82. The molecule has 28 heavy (non-hydrogen) atoms. The summed E-state index contributed by atoms with van der Waals surface area (Å²) in [7, 11) is 0. The third kappa shape index (κ3) is 3.88. The monoisotopic (exact) mass is 406 g/mol. The lowest BCUT2D eigenvalue weighted by atomic mass is 10.3. The number of aromatic nitrogens is 5. The largest absolute Gasteiger partial charge is 0.573 e. The summed E-state index contributed by atoms with van der Waals surface area (Å²) in [6, 6.07) is 9.55. The first-order chi connectivity index (χ1) is 13.4. The van der Waals surface area contributed by atoms with Crippen LogP contribution < -0.4 is 9.54 Å². The zero-order valence-corrected chi connectivity index (χ0v) is 15.0. The first-order valence-corrected chi connectivity index (χ1v) is 8.96. The predicted molar refractivity (Wildman–Crippen MR) is 95.6 cm³/mol. The van der Waals surface area contributed by atoms with Gasteiger partial charge in [0, 0.05) is 12.7 Å². The molecule has 0 amide bonds. The van der Waals surface area contributed by atoms with Gasteiger partial charge >= 0.3 is 6.36 Å². The highest BCUT2D eigenvalue weighted by atomic mass is 32.1. The summed E-state index contributed by atoms with van der Waals surface area (Å²) in [6.45, 7) is 0.867. The third-order valence-electron chi connectivity index (χ3n) is 3.93. The van der Waals surface area contributed by atoms with E-state index in [-0.39, 0.29) is 10.6 Å². The fraction of sp³-hybridized carbons (Fsp3) is 0.176. The summed E-state index contributed by atoms with van der Waals surface area (Å²) in [6.07, 6.45) is -1.32. The highest BCUT2D eigenvalue weighted by molar-refractivity contribution is 7.16. The average molecular weight is 406 g/mol. The molecular formula is C17H13F3N6OS. The Labute approximate surface area is 160 Å². The Morgan fingerprint density at radius 3 is 2.71 bits per heavy atom. The van der Waals surface area contributed by atoms with Gasteiger partial charge in [0.25, 0.3) is 0 Å². The number of thiazole rings is 1. The van der Waals surface area contributed by atoms with Crippen molar-refractivity contribution in [3.8, 4) is 17.1 Å². The minimum absolute atomic E-state index is 0.226. The molecule has 0 bridgehead atoms. The number of pyridine rings is 1. The molecule has 1 N–H and O–H groups in total. The van der Waals surface area contributed by atoms with Gasteiger partial charge in [-0.2, -0.15) is 0 Å². The minimum atomic E-state index is -4.75. The van der Waals surface area contributed by atoms with Crippen LogP contribution in [0.15, 0.2) is 48.8 Å². The van der Waals surface area contributed by atoms with Crippen molar-refractivity contribution >= 4 is 21.6 Å². The number of aryl methyl sites for hydroxylation is 2. The summed E-state index contributed by atoms with van der Waals surface area (Å²) >= 11 is 1.08. The second kappa shape index (κ2) is 7.08. The van der Waals surface area contributed by atoms with E-state index in [1.807, 2.05) is 18.2 Å². The van der Waals surface area contributed by atoms with Crippen LogP contribution in [0.4, 0.5) is 13.2 Å². The lowest BCUT2D eigenvalue weighted by Gasteiger charge is -2.09. The van der Waals surface area contributed by atoms with E-state index >= 15 is 0 Å². The van der Waals surface area contributed by atoms with Gasteiger partial charge < -0.3 is 9.30 Å². The van der Waals surface area contributed by atoms with Crippen molar-refractivity contribution in [1.29, 1.82) is 5.41 Å². The van der Waals surface area contributed by atoms with Gasteiger partial charge in [0.05, 0.1) is 28.7 Å². The van der Waals surface area contributed by atoms with Crippen LogP contribution in [-0.2, 0) is 13.1 Å². The van der Waals surface area contributed by atoms with Crippen molar-refractivity contribution in [3.05, 3.63) is 53.6 Å². The SMILES string of the molecule is N=c1sc2cc(OC(F)(F)F)ccc2n1CCn1cc(-c2ccccn2)nn1. The molecule has 7 nitrogen and oxygen atoms in total. The van der Waals surface area contributed by atoms with Gasteiger partial charge in [-0.05, 0) is 30.3 Å². The maximum atomic E-state index is 12.4. The van der Waals surface area contributed by atoms with E-state index < -0.39 is 6.36 Å². The van der Waals surface area contributed by atoms with Crippen molar-refractivity contribution in [2.24, 2.45) is 0 Å². The number of nitrogens with zero attached hydrogens (tertiary/aromatic N) is 5. The van der Waals surface area contributed by atoms with E-state index in [9.17, 15) is 13.2 Å². The Morgan fingerprint density at radius 2 is 1.96 bits per heavy atom. The molecule has 0 saturated carbocycles. The molecule has 0 aliphatic rings. The molecule has 0 spiro atoms. The lowest BCUT2D eigenvalue weighted by molar-refractivity contribution is -0.274. The average Bonchev–Trinajstić information content (AvgIpc) is 3.23. The number of ether oxygens (including phenoxy) is 1. The number of alkyl halides is 3. The van der Waals surface area contributed by atoms with Gasteiger partial charge in [0.15, 0.2) is 4.80 Å². The molecule has 1 aromatic carbocycles.